The highest BCUT2D eigenvalue weighted by molar-refractivity contribution is 6.31. The first-order valence-corrected chi connectivity index (χ1v) is 5.85. The Balaban J connectivity index is 2.71. The first-order valence-electron chi connectivity index (χ1n) is 5.47. The van der Waals surface area contributed by atoms with Gasteiger partial charge in [0.25, 0.3) is 0 Å². The van der Waals surface area contributed by atoms with Crippen molar-refractivity contribution in [1.82, 2.24) is 0 Å². The molecule has 1 atom stereocenters. The monoisotopic (exact) mass is 242 g/mol. The Hall–Kier alpha value is -0.930. The maximum Gasteiger partial charge on any atom is 0.0664 e. The van der Waals surface area contributed by atoms with Gasteiger partial charge >= 0.3 is 0 Å². The van der Waals surface area contributed by atoms with E-state index in [4.69, 9.17) is 22.1 Å². The van der Waals surface area contributed by atoms with Gasteiger partial charge in [-0.25, -0.2) is 0 Å². The highest BCUT2D eigenvalue weighted by Crippen LogP contribution is 2.24. The van der Waals surface area contributed by atoms with Crippen molar-refractivity contribution in [2.75, 3.05) is 24.8 Å². The highest BCUT2D eigenvalue weighted by atomic mass is 35.5. The lowest BCUT2D eigenvalue weighted by molar-refractivity contribution is 0.182. The zero-order chi connectivity index (χ0) is 12.0. The van der Waals surface area contributed by atoms with Crippen LogP contribution in [0.5, 0.6) is 0 Å². The normalized spacial score (nSPS) is 12.4. The fraction of sp³-hybridized carbons (Fsp3) is 0.500. The Labute approximate surface area is 102 Å². The molecule has 1 aromatic rings. The standard InChI is InChI=1S/C12H19ClN2O/c1-3-4-10(8-16-2)15-12-7-9(13)5-6-11(12)14/h5-7,10,15H,3-4,8,14H2,1-2H3. The molecule has 1 rings (SSSR count). The van der Waals surface area contributed by atoms with E-state index in [9.17, 15) is 0 Å². The van der Waals surface area contributed by atoms with Crippen molar-refractivity contribution in [3.63, 3.8) is 0 Å². The number of rotatable bonds is 6. The number of anilines is 2. The van der Waals surface area contributed by atoms with Crippen LogP contribution in [0.4, 0.5) is 11.4 Å². The Bertz CT molecular complexity index is 325. The number of halogens is 1. The van der Waals surface area contributed by atoms with E-state index in [1.807, 2.05) is 6.07 Å². The predicted octanol–water partition coefficient (Wildman–Crippen LogP) is 3.15. The average molecular weight is 243 g/mol. The minimum atomic E-state index is 0.274. The van der Waals surface area contributed by atoms with Crippen LogP contribution >= 0.6 is 11.6 Å². The van der Waals surface area contributed by atoms with Crippen LogP contribution in [0.15, 0.2) is 18.2 Å². The molecule has 0 aliphatic rings. The van der Waals surface area contributed by atoms with Crippen LogP contribution in [0.2, 0.25) is 5.02 Å². The van der Waals surface area contributed by atoms with Crippen LogP contribution in [0.25, 0.3) is 0 Å². The molecular weight excluding hydrogens is 224 g/mol. The summed E-state index contributed by atoms with van der Waals surface area (Å²) in [5, 5.41) is 4.04. The summed E-state index contributed by atoms with van der Waals surface area (Å²) in [6.07, 6.45) is 2.14. The van der Waals surface area contributed by atoms with Gasteiger partial charge in [-0.15, -0.1) is 0 Å². The van der Waals surface area contributed by atoms with Crippen molar-refractivity contribution in [2.45, 2.75) is 25.8 Å². The average Bonchev–Trinajstić information content (AvgIpc) is 2.24. The Morgan fingerprint density at radius 3 is 2.88 bits per heavy atom. The summed E-state index contributed by atoms with van der Waals surface area (Å²) in [5.41, 5.74) is 7.46. The van der Waals surface area contributed by atoms with Crippen LogP contribution in [-0.2, 0) is 4.74 Å². The molecule has 3 N–H and O–H groups in total. The molecule has 0 fully saturated rings. The van der Waals surface area contributed by atoms with E-state index in [0.717, 1.165) is 18.5 Å². The van der Waals surface area contributed by atoms with Crippen molar-refractivity contribution in [2.24, 2.45) is 0 Å². The summed E-state index contributed by atoms with van der Waals surface area (Å²) >= 11 is 5.93. The number of methoxy groups -OCH3 is 1. The maximum absolute atomic E-state index is 5.93. The van der Waals surface area contributed by atoms with E-state index in [1.54, 1.807) is 19.2 Å². The van der Waals surface area contributed by atoms with E-state index in [0.29, 0.717) is 17.3 Å². The lowest BCUT2D eigenvalue weighted by atomic mass is 10.1. The third-order valence-electron chi connectivity index (χ3n) is 2.38. The van der Waals surface area contributed by atoms with E-state index >= 15 is 0 Å². The molecule has 0 aliphatic heterocycles. The van der Waals surface area contributed by atoms with Gasteiger partial charge in [0.2, 0.25) is 0 Å². The first-order chi connectivity index (χ1) is 7.67. The number of nitrogen functional groups attached to an aromatic ring is 1. The van der Waals surface area contributed by atoms with Crippen LogP contribution in [0, 0.1) is 0 Å². The van der Waals surface area contributed by atoms with Crippen LogP contribution in [-0.4, -0.2) is 19.8 Å². The number of ether oxygens (including phenoxy) is 1. The van der Waals surface area contributed by atoms with Crippen LogP contribution in [0.3, 0.4) is 0 Å². The summed E-state index contributed by atoms with van der Waals surface area (Å²) in [4.78, 5) is 0. The molecular formula is C12H19ClN2O. The van der Waals surface area contributed by atoms with E-state index in [-0.39, 0.29) is 6.04 Å². The highest BCUT2D eigenvalue weighted by Gasteiger charge is 2.09. The third kappa shape index (κ3) is 3.91. The molecule has 0 aromatic heterocycles. The Morgan fingerprint density at radius 1 is 1.50 bits per heavy atom. The molecule has 0 saturated heterocycles. The molecule has 4 heteroatoms. The molecule has 0 aliphatic carbocycles. The van der Waals surface area contributed by atoms with Gasteiger partial charge < -0.3 is 15.8 Å². The van der Waals surface area contributed by atoms with Gasteiger partial charge in [0.05, 0.1) is 18.0 Å². The number of benzene rings is 1. The van der Waals surface area contributed by atoms with E-state index in [1.165, 1.54) is 0 Å². The van der Waals surface area contributed by atoms with Crippen molar-refractivity contribution >= 4 is 23.0 Å². The molecule has 0 bridgehead atoms. The summed E-state index contributed by atoms with van der Waals surface area (Å²) < 4.78 is 5.16. The van der Waals surface area contributed by atoms with E-state index < -0.39 is 0 Å². The number of hydrogen-bond acceptors (Lipinski definition) is 3. The lowest BCUT2D eigenvalue weighted by Crippen LogP contribution is -2.25. The fourth-order valence-electron chi connectivity index (χ4n) is 1.62. The number of nitrogens with one attached hydrogen (secondary N) is 1. The van der Waals surface area contributed by atoms with Gasteiger partial charge in [0.1, 0.15) is 0 Å². The molecule has 1 unspecified atom stereocenters. The van der Waals surface area contributed by atoms with Crippen LogP contribution < -0.4 is 11.1 Å². The molecule has 3 nitrogen and oxygen atoms in total. The molecule has 0 saturated carbocycles. The zero-order valence-electron chi connectivity index (χ0n) is 9.79. The number of hydrogen-bond donors (Lipinski definition) is 2. The molecule has 0 heterocycles. The van der Waals surface area contributed by atoms with Crippen molar-refractivity contribution < 1.29 is 4.74 Å². The minimum absolute atomic E-state index is 0.274. The van der Waals surface area contributed by atoms with Gasteiger partial charge in [0.15, 0.2) is 0 Å². The summed E-state index contributed by atoms with van der Waals surface area (Å²) in [7, 11) is 1.70. The largest absolute Gasteiger partial charge is 0.397 e. The van der Waals surface area contributed by atoms with Crippen LogP contribution in [0.1, 0.15) is 19.8 Å². The Kier molecular flexibility index (Phi) is 5.43. The molecule has 16 heavy (non-hydrogen) atoms. The zero-order valence-corrected chi connectivity index (χ0v) is 10.6. The molecule has 0 radical (unpaired) electrons. The van der Waals surface area contributed by atoms with Gasteiger partial charge in [-0.2, -0.15) is 0 Å². The fourth-order valence-corrected chi connectivity index (χ4v) is 1.79. The second-order valence-corrected chi connectivity index (χ2v) is 4.25. The lowest BCUT2D eigenvalue weighted by Gasteiger charge is -2.19. The summed E-state index contributed by atoms with van der Waals surface area (Å²) in [6, 6.07) is 5.71. The topological polar surface area (TPSA) is 47.3 Å². The van der Waals surface area contributed by atoms with Gasteiger partial charge in [-0.1, -0.05) is 24.9 Å². The molecule has 90 valence electrons. The van der Waals surface area contributed by atoms with E-state index in [2.05, 4.69) is 12.2 Å². The predicted molar refractivity (Wildman–Crippen MR) is 70.1 cm³/mol. The number of nitrogens with two attached hydrogens (primary N) is 1. The van der Waals surface area contributed by atoms with Gasteiger partial charge in [-0.3, -0.25) is 0 Å². The van der Waals surface area contributed by atoms with Crippen molar-refractivity contribution in [3.8, 4) is 0 Å². The molecule has 0 spiro atoms. The Morgan fingerprint density at radius 2 is 2.25 bits per heavy atom. The second-order valence-electron chi connectivity index (χ2n) is 3.82. The van der Waals surface area contributed by atoms with Crippen molar-refractivity contribution in [3.05, 3.63) is 23.2 Å². The first kappa shape index (κ1) is 13.1. The summed E-state index contributed by atoms with van der Waals surface area (Å²) in [5.74, 6) is 0. The SMILES string of the molecule is CCCC(COC)Nc1cc(Cl)ccc1N. The molecule has 0 amide bonds. The third-order valence-corrected chi connectivity index (χ3v) is 2.62. The minimum Gasteiger partial charge on any atom is -0.397 e. The second kappa shape index (κ2) is 6.61. The molecule has 1 aromatic carbocycles. The van der Waals surface area contributed by atoms with Crippen molar-refractivity contribution in [1.29, 1.82) is 0 Å². The summed E-state index contributed by atoms with van der Waals surface area (Å²) in [6.45, 7) is 2.81. The van der Waals surface area contributed by atoms with Gasteiger partial charge in [-0.05, 0) is 24.6 Å². The quantitative estimate of drug-likeness (QED) is 0.754. The maximum atomic E-state index is 5.93. The smallest absolute Gasteiger partial charge is 0.0664 e. The van der Waals surface area contributed by atoms with Gasteiger partial charge in [0, 0.05) is 18.2 Å².